The fourth-order valence-electron chi connectivity index (χ4n) is 1.56. The third-order valence-electron chi connectivity index (χ3n) is 2.28. The summed E-state index contributed by atoms with van der Waals surface area (Å²) < 4.78 is 44.4. The van der Waals surface area contributed by atoms with E-state index >= 15 is 0 Å². The van der Waals surface area contributed by atoms with Gasteiger partial charge in [-0.15, -0.1) is 11.3 Å². The molecule has 0 aromatic carbocycles. The number of alkyl halides is 3. The van der Waals surface area contributed by atoms with Gasteiger partial charge in [-0.3, -0.25) is 4.40 Å². The van der Waals surface area contributed by atoms with E-state index in [4.69, 9.17) is 0 Å². The van der Waals surface area contributed by atoms with E-state index in [1.54, 1.807) is 13.8 Å². The van der Waals surface area contributed by atoms with Crippen molar-refractivity contribution in [3.8, 4) is 0 Å². The van der Waals surface area contributed by atoms with Crippen LogP contribution in [0.1, 0.15) is 28.0 Å². The fraction of sp³-hybridized carbons (Fsp3) is 0.400. The minimum Gasteiger partial charge on any atom is -0.462 e. The van der Waals surface area contributed by atoms with Crippen LogP contribution in [0.3, 0.4) is 0 Å². The molecular formula is C10H9F3N2O2S. The van der Waals surface area contributed by atoms with Crippen LogP contribution < -0.4 is 0 Å². The van der Waals surface area contributed by atoms with Crippen molar-refractivity contribution in [3.63, 3.8) is 0 Å². The summed E-state index contributed by atoms with van der Waals surface area (Å²) in [6.45, 7) is 3.15. The molecule has 0 aliphatic heterocycles. The van der Waals surface area contributed by atoms with Gasteiger partial charge in [-0.25, -0.2) is 9.78 Å². The van der Waals surface area contributed by atoms with Gasteiger partial charge in [0.25, 0.3) is 0 Å². The summed E-state index contributed by atoms with van der Waals surface area (Å²) in [5.41, 5.74) is -0.581. The number of esters is 1. The predicted octanol–water partition coefficient (Wildman–Crippen LogP) is 2.90. The summed E-state index contributed by atoms with van der Waals surface area (Å²) in [6.07, 6.45) is -3.57. The zero-order valence-corrected chi connectivity index (χ0v) is 10.4. The van der Waals surface area contributed by atoms with E-state index in [-0.39, 0.29) is 6.61 Å². The Morgan fingerprint density at radius 1 is 1.56 bits per heavy atom. The van der Waals surface area contributed by atoms with E-state index in [9.17, 15) is 18.0 Å². The Morgan fingerprint density at radius 2 is 2.22 bits per heavy atom. The second-order valence-corrected chi connectivity index (χ2v) is 4.50. The molecule has 0 saturated carbocycles. The van der Waals surface area contributed by atoms with Crippen molar-refractivity contribution in [2.75, 3.05) is 6.61 Å². The predicted molar refractivity (Wildman–Crippen MR) is 58.8 cm³/mol. The smallest absolute Gasteiger partial charge is 0.433 e. The second kappa shape index (κ2) is 4.27. The highest BCUT2D eigenvalue weighted by molar-refractivity contribution is 7.19. The molecule has 0 bridgehead atoms. The van der Waals surface area contributed by atoms with Crippen molar-refractivity contribution >= 4 is 22.1 Å². The van der Waals surface area contributed by atoms with Gasteiger partial charge >= 0.3 is 12.1 Å². The molecule has 0 fully saturated rings. The third-order valence-corrected chi connectivity index (χ3v) is 3.53. The van der Waals surface area contributed by atoms with Crippen molar-refractivity contribution in [3.05, 3.63) is 22.6 Å². The van der Waals surface area contributed by atoms with Crippen LogP contribution >= 0.6 is 11.3 Å². The number of fused-ring (bicyclic) bond motifs is 1. The highest BCUT2D eigenvalue weighted by Crippen LogP contribution is 2.38. The molecule has 2 aromatic heterocycles. The van der Waals surface area contributed by atoms with Crippen LogP contribution in [-0.2, 0) is 10.9 Å². The standard InChI is InChI=1S/C10H9F3N2O2S/c1-3-17-9(16)6-7(10(11,12)13)15-4-14-5(2)8(15)18-6/h4H,3H2,1-2H3. The quantitative estimate of drug-likeness (QED) is 0.793. The molecule has 0 N–H and O–H groups in total. The van der Waals surface area contributed by atoms with E-state index in [0.717, 1.165) is 22.1 Å². The Morgan fingerprint density at radius 3 is 2.78 bits per heavy atom. The first-order valence-corrected chi connectivity index (χ1v) is 5.88. The maximum absolute atomic E-state index is 13.0. The van der Waals surface area contributed by atoms with Crippen LogP contribution in [-0.4, -0.2) is 22.0 Å². The summed E-state index contributed by atoms with van der Waals surface area (Å²) in [5.74, 6) is -0.960. The zero-order valence-electron chi connectivity index (χ0n) is 9.54. The van der Waals surface area contributed by atoms with Gasteiger partial charge < -0.3 is 4.74 Å². The number of carbonyl (C=O) groups is 1. The molecule has 8 heteroatoms. The van der Waals surface area contributed by atoms with Crippen LogP contribution in [0.15, 0.2) is 6.33 Å². The monoisotopic (exact) mass is 278 g/mol. The molecule has 0 spiro atoms. The van der Waals surface area contributed by atoms with Crippen molar-refractivity contribution in [1.82, 2.24) is 9.38 Å². The molecule has 0 unspecified atom stereocenters. The number of aryl methyl sites for hydroxylation is 1. The molecule has 2 aromatic rings. The van der Waals surface area contributed by atoms with Crippen molar-refractivity contribution < 1.29 is 22.7 Å². The van der Waals surface area contributed by atoms with E-state index < -0.39 is 22.7 Å². The lowest BCUT2D eigenvalue weighted by Crippen LogP contribution is -2.15. The van der Waals surface area contributed by atoms with Gasteiger partial charge in [0.2, 0.25) is 0 Å². The molecule has 2 rings (SSSR count). The number of hydrogen-bond donors (Lipinski definition) is 0. The lowest BCUT2D eigenvalue weighted by Gasteiger charge is -2.07. The maximum Gasteiger partial charge on any atom is 0.433 e. The Labute approximate surface area is 104 Å². The average molecular weight is 278 g/mol. The van der Waals surface area contributed by atoms with Crippen LogP contribution in [0, 0.1) is 6.92 Å². The summed E-state index contributed by atoms with van der Waals surface area (Å²) in [6, 6.07) is 0. The molecule has 0 aliphatic carbocycles. The first-order chi connectivity index (χ1) is 8.36. The van der Waals surface area contributed by atoms with Crippen LogP contribution in [0.5, 0.6) is 0 Å². The number of carbonyl (C=O) groups excluding carboxylic acids is 1. The van der Waals surface area contributed by atoms with Gasteiger partial charge in [-0.1, -0.05) is 0 Å². The summed E-state index contributed by atoms with van der Waals surface area (Å²) in [4.78, 5) is 15.2. The molecular weight excluding hydrogens is 269 g/mol. The fourth-order valence-corrected chi connectivity index (χ4v) is 2.65. The second-order valence-electron chi connectivity index (χ2n) is 3.50. The largest absolute Gasteiger partial charge is 0.462 e. The molecule has 0 atom stereocenters. The van der Waals surface area contributed by atoms with Gasteiger partial charge in [-0.2, -0.15) is 13.2 Å². The molecule has 98 valence electrons. The number of ether oxygens (including phenoxy) is 1. The number of hydrogen-bond acceptors (Lipinski definition) is 4. The van der Waals surface area contributed by atoms with Crippen molar-refractivity contribution in [2.45, 2.75) is 20.0 Å². The normalized spacial score (nSPS) is 12.1. The molecule has 18 heavy (non-hydrogen) atoms. The van der Waals surface area contributed by atoms with Crippen LogP contribution in [0.4, 0.5) is 13.2 Å². The Balaban J connectivity index is 2.68. The van der Waals surface area contributed by atoms with Crippen LogP contribution in [0.2, 0.25) is 0 Å². The van der Waals surface area contributed by atoms with Gasteiger partial charge in [-0.05, 0) is 13.8 Å². The van der Waals surface area contributed by atoms with Crippen molar-refractivity contribution in [1.29, 1.82) is 0 Å². The minimum absolute atomic E-state index is 0.0279. The summed E-state index contributed by atoms with van der Waals surface area (Å²) >= 11 is 0.738. The SMILES string of the molecule is CCOC(=O)c1sc2c(C)ncn2c1C(F)(F)F. The number of aromatic nitrogens is 2. The van der Waals surface area contributed by atoms with E-state index in [1.807, 2.05) is 0 Å². The van der Waals surface area contributed by atoms with Gasteiger partial charge in [0.05, 0.1) is 12.3 Å². The molecule has 2 heterocycles. The third kappa shape index (κ3) is 1.96. The Bertz CT molecular complexity index is 600. The first kappa shape index (κ1) is 12.9. The lowest BCUT2D eigenvalue weighted by atomic mass is 10.3. The summed E-state index contributed by atoms with van der Waals surface area (Å²) in [5, 5.41) is 0. The summed E-state index contributed by atoms with van der Waals surface area (Å²) in [7, 11) is 0. The van der Waals surface area contributed by atoms with E-state index in [0.29, 0.717) is 10.5 Å². The van der Waals surface area contributed by atoms with E-state index in [2.05, 4.69) is 9.72 Å². The van der Waals surface area contributed by atoms with Crippen molar-refractivity contribution in [2.24, 2.45) is 0 Å². The first-order valence-electron chi connectivity index (χ1n) is 5.07. The average Bonchev–Trinajstić information content (AvgIpc) is 2.78. The zero-order chi connectivity index (χ0) is 13.5. The highest BCUT2D eigenvalue weighted by atomic mass is 32.1. The van der Waals surface area contributed by atoms with Gasteiger partial charge in [0, 0.05) is 0 Å². The van der Waals surface area contributed by atoms with Crippen LogP contribution in [0.25, 0.3) is 4.83 Å². The van der Waals surface area contributed by atoms with Gasteiger partial charge in [0.15, 0.2) is 5.69 Å². The minimum atomic E-state index is -4.63. The maximum atomic E-state index is 13.0. The molecule has 0 aliphatic rings. The molecule has 0 amide bonds. The molecule has 4 nitrogen and oxygen atoms in total. The lowest BCUT2D eigenvalue weighted by molar-refractivity contribution is -0.142. The number of halogens is 3. The Hall–Kier alpha value is -1.57. The number of thiazole rings is 1. The molecule has 0 radical (unpaired) electrons. The number of rotatable bonds is 2. The number of nitrogens with zero attached hydrogens (tertiary/aromatic N) is 2. The topological polar surface area (TPSA) is 43.6 Å². The highest BCUT2D eigenvalue weighted by Gasteiger charge is 2.41. The Kier molecular flexibility index (Phi) is 3.05. The number of imidazole rings is 1. The van der Waals surface area contributed by atoms with Gasteiger partial charge in [0.1, 0.15) is 16.0 Å². The molecule has 0 saturated heterocycles. The van der Waals surface area contributed by atoms with E-state index in [1.165, 1.54) is 0 Å².